The van der Waals surface area contributed by atoms with Gasteiger partial charge in [0.1, 0.15) is 0 Å². The number of aryl methyl sites for hydroxylation is 1. The zero-order chi connectivity index (χ0) is 17.6. The summed E-state index contributed by atoms with van der Waals surface area (Å²) in [6, 6.07) is 8.06. The Morgan fingerprint density at radius 2 is 2.00 bits per heavy atom. The predicted octanol–water partition coefficient (Wildman–Crippen LogP) is 2.99. The molecule has 1 saturated carbocycles. The Morgan fingerprint density at radius 3 is 2.68 bits per heavy atom. The fraction of sp³-hybridized carbons (Fsp3) is 0.412. The highest BCUT2D eigenvalue weighted by Gasteiger charge is 2.26. The molecule has 0 aliphatic heterocycles. The van der Waals surface area contributed by atoms with Gasteiger partial charge in [0.15, 0.2) is 4.34 Å². The number of hydrogen-bond acceptors (Lipinski definition) is 6. The fourth-order valence-corrected chi connectivity index (χ4v) is 3.87. The average molecular weight is 377 g/mol. The maximum absolute atomic E-state index is 11.9. The van der Waals surface area contributed by atoms with E-state index < -0.39 is 0 Å². The van der Waals surface area contributed by atoms with Crippen LogP contribution in [0, 0.1) is 12.8 Å². The van der Waals surface area contributed by atoms with Gasteiger partial charge in [-0.3, -0.25) is 9.59 Å². The number of anilines is 1. The molecule has 0 atom stereocenters. The number of benzene rings is 1. The molecule has 0 spiro atoms. The lowest BCUT2D eigenvalue weighted by molar-refractivity contribution is -0.122. The Labute approximate surface area is 154 Å². The first-order valence-corrected chi connectivity index (χ1v) is 10.00. The van der Waals surface area contributed by atoms with Gasteiger partial charge in [-0.1, -0.05) is 59.3 Å². The quantitative estimate of drug-likeness (QED) is 0.573. The molecular weight excluding hydrogens is 356 g/mol. The summed E-state index contributed by atoms with van der Waals surface area (Å²) in [4.78, 5) is 23.8. The van der Waals surface area contributed by atoms with Crippen LogP contribution in [0.25, 0.3) is 0 Å². The topological polar surface area (TPSA) is 84.0 Å². The van der Waals surface area contributed by atoms with Crippen molar-refractivity contribution in [1.29, 1.82) is 0 Å². The molecule has 1 aromatic carbocycles. The van der Waals surface area contributed by atoms with Gasteiger partial charge in [-0.15, -0.1) is 10.2 Å². The molecule has 1 fully saturated rings. The predicted molar refractivity (Wildman–Crippen MR) is 99.6 cm³/mol. The number of nitrogens with one attached hydrogen (secondary N) is 2. The summed E-state index contributed by atoms with van der Waals surface area (Å²) >= 11 is 2.62. The highest BCUT2D eigenvalue weighted by Crippen LogP contribution is 2.29. The number of rotatable bonds is 7. The fourth-order valence-electron chi connectivity index (χ4n) is 2.28. The van der Waals surface area contributed by atoms with Gasteiger partial charge >= 0.3 is 0 Å². The van der Waals surface area contributed by atoms with E-state index in [0.717, 1.165) is 24.8 Å². The summed E-state index contributed by atoms with van der Waals surface area (Å²) in [7, 11) is 0. The number of hydrogen-bond donors (Lipinski definition) is 2. The molecule has 132 valence electrons. The minimum atomic E-state index is -0.0548. The third kappa shape index (κ3) is 5.27. The van der Waals surface area contributed by atoms with Crippen LogP contribution >= 0.6 is 23.1 Å². The molecule has 0 radical (unpaired) electrons. The van der Waals surface area contributed by atoms with Crippen molar-refractivity contribution in [3.05, 3.63) is 35.4 Å². The van der Waals surface area contributed by atoms with Crippen molar-refractivity contribution in [3.63, 3.8) is 0 Å². The highest BCUT2D eigenvalue weighted by molar-refractivity contribution is 8.01. The van der Waals surface area contributed by atoms with E-state index in [9.17, 15) is 9.59 Å². The van der Waals surface area contributed by atoms with Crippen LogP contribution in [0.2, 0.25) is 0 Å². The van der Waals surface area contributed by atoms with Crippen molar-refractivity contribution >= 4 is 40.0 Å². The molecule has 0 unspecified atom stereocenters. The standard InChI is InChI=1S/C17H20N4O2S2/c1-11-5-7-12(8-6-11)9-18-14(22)10-24-17-21-20-16(25-17)19-15(23)13-3-2-4-13/h5-8,13H,2-4,9-10H2,1H3,(H,18,22)(H,19,20,23). The second-order valence-electron chi connectivity index (χ2n) is 6.04. The van der Waals surface area contributed by atoms with Gasteiger partial charge in [0.2, 0.25) is 16.9 Å². The van der Waals surface area contributed by atoms with Crippen molar-refractivity contribution < 1.29 is 9.59 Å². The minimum Gasteiger partial charge on any atom is -0.351 e. The highest BCUT2D eigenvalue weighted by atomic mass is 32.2. The smallest absolute Gasteiger partial charge is 0.230 e. The van der Waals surface area contributed by atoms with Crippen LogP contribution in [0.3, 0.4) is 0 Å². The third-order valence-corrected chi connectivity index (χ3v) is 6.02. The number of aromatic nitrogens is 2. The Morgan fingerprint density at radius 1 is 1.24 bits per heavy atom. The second-order valence-corrected chi connectivity index (χ2v) is 8.24. The molecule has 6 nitrogen and oxygen atoms in total. The van der Waals surface area contributed by atoms with E-state index in [1.807, 2.05) is 31.2 Å². The lowest BCUT2D eigenvalue weighted by atomic mass is 9.85. The molecule has 1 aliphatic carbocycles. The van der Waals surface area contributed by atoms with Gasteiger partial charge in [0, 0.05) is 12.5 Å². The van der Waals surface area contributed by atoms with Gasteiger partial charge in [0.05, 0.1) is 5.75 Å². The molecule has 1 aliphatic rings. The SMILES string of the molecule is Cc1ccc(CNC(=O)CSc2nnc(NC(=O)C3CCC3)s2)cc1. The van der Waals surface area contributed by atoms with Gasteiger partial charge in [-0.05, 0) is 25.3 Å². The van der Waals surface area contributed by atoms with Crippen molar-refractivity contribution in [2.45, 2.75) is 37.1 Å². The monoisotopic (exact) mass is 376 g/mol. The van der Waals surface area contributed by atoms with Crippen molar-refractivity contribution in [2.75, 3.05) is 11.1 Å². The molecule has 8 heteroatoms. The van der Waals surface area contributed by atoms with Crippen molar-refractivity contribution in [1.82, 2.24) is 15.5 Å². The summed E-state index contributed by atoms with van der Waals surface area (Å²) in [6.45, 7) is 2.54. The second kappa shape index (κ2) is 8.44. The summed E-state index contributed by atoms with van der Waals surface area (Å²) in [6.07, 6.45) is 3.02. The van der Waals surface area contributed by atoms with Crippen LogP contribution in [0.15, 0.2) is 28.6 Å². The molecular formula is C17H20N4O2S2. The van der Waals surface area contributed by atoms with Crippen LogP contribution in [-0.2, 0) is 16.1 Å². The van der Waals surface area contributed by atoms with Crippen LogP contribution in [0.5, 0.6) is 0 Å². The zero-order valence-corrected chi connectivity index (χ0v) is 15.6. The Balaban J connectivity index is 1.39. The van der Waals surface area contributed by atoms with E-state index in [2.05, 4.69) is 20.8 Å². The number of carbonyl (C=O) groups excluding carboxylic acids is 2. The number of carbonyl (C=O) groups is 2. The summed E-state index contributed by atoms with van der Waals surface area (Å²) in [5.41, 5.74) is 2.27. The minimum absolute atomic E-state index is 0.0230. The summed E-state index contributed by atoms with van der Waals surface area (Å²) in [5, 5.41) is 14.1. The van der Waals surface area contributed by atoms with Gasteiger partial charge < -0.3 is 10.6 Å². The molecule has 2 amide bonds. The Kier molecular flexibility index (Phi) is 6.04. The summed E-state index contributed by atoms with van der Waals surface area (Å²) in [5.74, 6) is 0.361. The van der Waals surface area contributed by atoms with E-state index in [-0.39, 0.29) is 23.5 Å². The van der Waals surface area contributed by atoms with Crippen LogP contribution in [0.1, 0.15) is 30.4 Å². The molecule has 1 heterocycles. The van der Waals surface area contributed by atoms with Gasteiger partial charge in [-0.25, -0.2) is 0 Å². The molecule has 0 bridgehead atoms. The molecule has 3 rings (SSSR count). The van der Waals surface area contributed by atoms with Gasteiger partial charge in [0.25, 0.3) is 0 Å². The normalized spacial score (nSPS) is 14.0. The van der Waals surface area contributed by atoms with Crippen LogP contribution in [-0.4, -0.2) is 27.8 Å². The lowest BCUT2D eigenvalue weighted by Gasteiger charge is -2.23. The van der Waals surface area contributed by atoms with E-state index in [1.165, 1.54) is 28.7 Å². The number of thioether (sulfide) groups is 1. The Bertz CT molecular complexity index is 741. The third-order valence-electron chi connectivity index (χ3n) is 4.05. The largest absolute Gasteiger partial charge is 0.351 e. The van der Waals surface area contributed by atoms with Crippen LogP contribution < -0.4 is 10.6 Å². The molecule has 0 saturated heterocycles. The van der Waals surface area contributed by atoms with E-state index in [4.69, 9.17) is 0 Å². The molecule has 2 N–H and O–H groups in total. The lowest BCUT2D eigenvalue weighted by Crippen LogP contribution is -2.27. The zero-order valence-electron chi connectivity index (χ0n) is 13.9. The number of amides is 2. The first-order chi connectivity index (χ1) is 12.1. The summed E-state index contributed by atoms with van der Waals surface area (Å²) < 4.78 is 0.675. The van der Waals surface area contributed by atoms with E-state index in [0.29, 0.717) is 16.0 Å². The van der Waals surface area contributed by atoms with E-state index >= 15 is 0 Å². The van der Waals surface area contributed by atoms with Crippen molar-refractivity contribution in [2.24, 2.45) is 5.92 Å². The maximum atomic E-state index is 11.9. The van der Waals surface area contributed by atoms with Crippen molar-refractivity contribution in [3.8, 4) is 0 Å². The molecule has 2 aromatic rings. The first-order valence-electron chi connectivity index (χ1n) is 8.19. The maximum Gasteiger partial charge on any atom is 0.230 e. The Hall–Kier alpha value is -1.93. The average Bonchev–Trinajstić information content (AvgIpc) is 2.98. The van der Waals surface area contributed by atoms with Gasteiger partial charge in [-0.2, -0.15) is 0 Å². The number of nitrogens with zero attached hydrogens (tertiary/aromatic N) is 2. The molecule has 25 heavy (non-hydrogen) atoms. The first kappa shape index (κ1) is 17.9. The van der Waals surface area contributed by atoms with E-state index in [1.54, 1.807) is 0 Å². The molecule has 1 aromatic heterocycles. The van der Waals surface area contributed by atoms with Crippen LogP contribution in [0.4, 0.5) is 5.13 Å².